The van der Waals surface area contributed by atoms with Crippen molar-refractivity contribution in [2.24, 2.45) is 5.92 Å². The normalized spacial score (nSPS) is 23.0. The Balaban J connectivity index is 1.16. The van der Waals surface area contributed by atoms with Crippen molar-refractivity contribution >= 4 is 28.6 Å². The van der Waals surface area contributed by atoms with Gasteiger partial charge in [-0.15, -0.1) is 0 Å². The average Bonchev–Trinajstić information content (AvgIpc) is 3.41. The summed E-state index contributed by atoms with van der Waals surface area (Å²) in [5.74, 6) is -0.911. The van der Waals surface area contributed by atoms with E-state index in [9.17, 15) is 19.5 Å². The summed E-state index contributed by atoms with van der Waals surface area (Å²) in [7, 11) is 0. The van der Waals surface area contributed by atoms with Crippen LogP contribution in [0.25, 0.3) is 11.0 Å². The highest BCUT2D eigenvalue weighted by molar-refractivity contribution is 5.94. The summed E-state index contributed by atoms with van der Waals surface area (Å²) in [6.07, 6.45) is -0.238. The number of likely N-dealkylation sites (tertiary alicyclic amines) is 1. The highest BCUT2D eigenvalue weighted by Crippen LogP contribution is 2.42. The molecule has 248 valence electrons. The van der Waals surface area contributed by atoms with Gasteiger partial charge in [0.2, 0.25) is 0 Å². The molecule has 3 N–H and O–H groups in total. The number of carbonyl (C=O) groups is 2. The summed E-state index contributed by atoms with van der Waals surface area (Å²) in [5, 5.41) is 12.3. The largest absolute Gasteiger partial charge is 0.453 e. The number of aromatic amines is 1. The standard InChI is InChI=1S/C36H42N4O7/c1-22-32(20-39-18-16-29(17-19-39)40-31-7-5-4-6-30(31)38-36(40)44)46-35(47-33(22)26-10-8-25(21-41)9-11-26)27-12-14-28(15-13-27)37-34(43)23(2)45-24(3)42/h4-15,22-23,29,32-33,35,41H,16-21H2,1-3H3,(H,37,43)(H,38,44)/t22-,23-,32+,33+,35+/m0/s1. The Morgan fingerprint density at radius 2 is 1.68 bits per heavy atom. The van der Waals surface area contributed by atoms with Crippen molar-refractivity contribution in [2.45, 2.75) is 70.9 Å². The fourth-order valence-electron chi connectivity index (χ4n) is 6.65. The van der Waals surface area contributed by atoms with Gasteiger partial charge in [0.25, 0.3) is 5.91 Å². The number of para-hydroxylation sites is 2. The first-order valence-electron chi connectivity index (χ1n) is 16.2. The Bertz CT molecular complexity index is 1740. The maximum absolute atomic E-state index is 12.8. The maximum Gasteiger partial charge on any atom is 0.326 e. The number of anilines is 1. The molecule has 2 aliphatic heterocycles. The second-order valence-corrected chi connectivity index (χ2v) is 12.5. The number of nitrogens with zero attached hydrogens (tertiary/aromatic N) is 2. The number of aliphatic hydroxyl groups excluding tert-OH is 1. The lowest BCUT2D eigenvalue weighted by Gasteiger charge is -2.44. The molecule has 1 aromatic heterocycles. The van der Waals surface area contributed by atoms with Crippen LogP contribution in [0.5, 0.6) is 0 Å². The number of hydrogen-bond acceptors (Lipinski definition) is 8. The van der Waals surface area contributed by atoms with Crippen LogP contribution in [0.4, 0.5) is 5.69 Å². The van der Waals surface area contributed by atoms with Gasteiger partial charge >= 0.3 is 11.7 Å². The van der Waals surface area contributed by atoms with Crippen molar-refractivity contribution in [3.8, 4) is 0 Å². The number of amides is 1. The lowest BCUT2D eigenvalue weighted by atomic mass is 9.89. The molecule has 47 heavy (non-hydrogen) atoms. The van der Waals surface area contributed by atoms with Gasteiger partial charge in [-0.3, -0.25) is 14.2 Å². The summed E-state index contributed by atoms with van der Waals surface area (Å²) in [6.45, 7) is 7.29. The molecule has 3 heterocycles. The van der Waals surface area contributed by atoms with Crippen LogP contribution in [0.1, 0.15) is 68.7 Å². The Kier molecular flexibility index (Phi) is 9.88. The number of nitrogens with one attached hydrogen (secondary N) is 2. The quantitative estimate of drug-likeness (QED) is 0.221. The number of fused-ring (bicyclic) bond motifs is 1. The Hall–Kier alpha value is -4.29. The number of carbonyl (C=O) groups excluding carboxylic acids is 2. The van der Waals surface area contributed by atoms with Crippen molar-refractivity contribution in [3.63, 3.8) is 0 Å². The lowest BCUT2D eigenvalue weighted by molar-refractivity contribution is -0.276. The minimum Gasteiger partial charge on any atom is -0.453 e. The average molecular weight is 643 g/mol. The number of ether oxygens (including phenoxy) is 3. The van der Waals surface area contributed by atoms with Crippen LogP contribution in [-0.2, 0) is 30.4 Å². The van der Waals surface area contributed by atoms with Gasteiger partial charge in [0, 0.05) is 49.8 Å². The van der Waals surface area contributed by atoms with Gasteiger partial charge < -0.3 is 34.5 Å². The lowest BCUT2D eigenvalue weighted by Crippen LogP contribution is -2.47. The fourth-order valence-corrected chi connectivity index (χ4v) is 6.65. The van der Waals surface area contributed by atoms with Gasteiger partial charge in [-0.05, 0) is 55.2 Å². The first-order chi connectivity index (χ1) is 22.7. The molecule has 2 aliphatic rings. The zero-order valence-electron chi connectivity index (χ0n) is 26.9. The molecule has 0 unspecified atom stereocenters. The van der Waals surface area contributed by atoms with Gasteiger partial charge in [0.05, 0.1) is 29.8 Å². The third-order valence-electron chi connectivity index (χ3n) is 9.27. The van der Waals surface area contributed by atoms with E-state index in [-0.39, 0.29) is 36.5 Å². The number of hydrogen-bond donors (Lipinski definition) is 3. The van der Waals surface area contributed by atoms with E-state index in [0.717, 1.165) is 53.7 Å². The summed E-state index contributed by atoms with van der Waals surface area (Å²) < 4.78 is 20.1. The number of esters is 1. The molecule has 11 heteroatoms. The summed E-state index contributed by atoms with van der Waals surface area (Å²) in [5.41, 5.74) is 4.95. The molecular formula is C36H42N4O7. The number of H-pyrrole nitrogens is 1. The Labute approximate surface area is 273 Å². The van der Waals surface area contributed by atoms with Crippen LogP contribution in [0, 0.1) is 5.92 Å². The number of aromatic nitrogens is 2. The van der Waals surface area contributed by atoms with Gasteiger partial charge in [0.15, 0.2) is 12.4 Å². The van der Waals surface area contributed by atoms with Crippen molar-refractivity contribution in [1.82, 2.24) is 14.5 Å². The minimum atomic E-state index is -0.911. The van der Waals surface area contributed by atoms with E-state index in [0.29, 0.717) is 12.2 Å². The zero-order valence-corrected chi connectivity index (χ0v) is 26.9. The molecule has 1 amide bonds. The molecule has 2 fully saturated rings. The second-order valence-electron chi connectivity index (χ2n) is 12.5. The topological polar surface area (TPSA) is 135 Å². The zero-order chi connectivity index (χ0) is 33.1. The highest BCUT2D eigenvalue weighted by Gasteiger charge is 2.39. The molecule has 2 saturated heterocycles. The van der Waals surface area contributed by atoms with Crippen LogP contribution in [0.15, 0.2) is 77.6 Å². The fraction of sp³-hybridized carbons (Fsp3) is 0.417. The molecule has 3 aromatic carbocycles. The Morgan fingerprint density at radius 3 is 2.36 bits per heavy atom. The van der Waals surface area contributed by atoms with E-state index in [1.54, 1.807) is 12.1 Å². The van der Waals surface area contributed by atoms with Gasteiger partial charge in [-0.25, -0.2) is 4.79 Å². The molecule has 0 aliphatic carbocycles. The third-order valence-corrected chi connectivity index (χ3v) is 9.27. The van der Waals surface area contributed by atoms with E-state index in [1.807, 2.05) is 65.2 Å². The number of imidazole rings is 1. The molecule has 0 radical (unpaired) electrons. The van der Waals surface area contributed by atoms with Crippen LogP contribution >= 0.6 is 0 Å². The summed E-state index contributed by atoms with van der Waals surface area (Å²) in [4.78, 5) is 41.9. The van der Waals surface area contributed by atoms with Gasteiger partial charge in [0.1, 0.15) is 0 Å². The number of aliphatic hydroxyl groups is 1. The van der Waals surface area contributed by atoms with Crippen molar-refractivity contribution in [1.29, 1.82) is 0 Å². The van der Waals surface area contributed by atoms with E-state index < -0.39 is 24.3 Å². The Morgan fingerprint density at radius 1 is 1.00 bits per heavy atom. The van der Waals surface area contributed by atoms with E-state index >= 15 is 0 Å². The van der Waals surface area contributed by atoms with Crippen LogP contribution in [0.2, 0.25) is 0 Å². The van der Waals surface area contributed by atoms with E-state index in [4.69, 9.17) is 14.2 Å². The van der Waals surface area contributed by atoms with Crippen LogP contribution in [-0.4, -0.2) is 63.3 Å². The predicted octanol–water partition coefficient (Wildman–Crippen LogP) is 4.84. The molecule has 6 rings (SSSR count). The molecule has 0 bridgehead atoms. The van der Waals surface area contributed by atoms with Crippen LogP contribution < -0.4 is 11.0 Å². The van der Waals surface area contributed by atoms with Gasteiger partial charge in [-0.2, -0.15) is 0 Å². The highest BCUT2D eigenvalue weighted by atomic mass is 16.7. The minimum absolute atomic E-state index is 0.0289. The predicted molar refractivity (Wildman–Crippen MR) is 177 cm³/mol. The van der Waals surface area contributed by atoms with Crippen LogP contribution in [0.3, 0.4) is 0 Å². The van der Waals surface area contributed by atoms with E-state index in [1.165, 1.54) is 13.8 Å². The van der Waals surface area contributed by atoms with Crippen molar-refractivity contribution < 1.29 is 28.9 Å². The van der Waals surface area contributed by atoms with Crippen molar-refractivity contribution in [3.05, 3.63) is 100.0 Å². The van der Waals surface area contributed by atoms with Gasteiger partial charge in [-0.1, -0.05) is 55.5 Å². The number of piperidine rings is 1. The SMILES string of the molecule is CC(=O)O[C@@H](C)C(=O)Nc1ccc([C@@H]2O[C@H](CN3CCC(n4c(=O)[nH]c5ccccc54)CC3)[C@H](C)[C@H](c3ccc(CO)cc3)O2)cc1. The van der Waals surface area contributed by atoms with E-state index in [2.05, 4.69) is 22.1 Å². The number of rotatable bonds is 9. The third kappa shape index (κ3) is 7.33. The maximum atomic E-state index is 12.8. The molecule has 0 spiro atoms. The summed E-state index contributed by atoms with van der Waals surface area (Å²) in [6, 6.07) is 23.1. The molecule has 4 aromatic rings. The first kappa shape index (κ1) is 32.6. The molecular weight excluding hydrogens is 600 g/mol. The number of benzene rings is 3. The smallest absolute Gasteiger partial charge is 0.326 e. The molecule has 5 atom stereocenters. The molecule has 0 saturated carbocycles. The summed E-state index contributed by atoms with van der Waals surface area (Å²) >= 11 is 0. The second kappa shape index (κ2) is 14.2. The first-order valence-corrected chi connectivity index (χ1v) is 16.2. The monoisotopic (exact) mass is 642 g/mol. The van der Waals surface area contributed by atoms with Crippen molar-refractivity contribution in [2.75, 3.05) is 25.0 Å². The molecule has 11 nitrogen and oxygen atoms in total.